The summed E-state index contributed by atoms with van der Waals surface area (Å²) in [5.41, 5.74) is 2.76. The zero-order chi connectivity index (χ0) is 16.4. The highest BCUT2D eigenvalue weighted by Gasteiger charge is 2.22. The van der Waals surface area contributed by atoms with Gasteiger partial charge in [0.15, 0.2) is 5.69 Å². The number of hydrogen-bond acceptors (Lipinski definition) is 4. The van der Waals surface area contributed by atoms with E-state index >= 15 is 0 Å². The van der Waals surface area contributed by atoms with Crippen molar-refractivity contribution in [2.45, 2.75) is 6.92 Å². The molecule has 116 valence electrons. The first-order valence-electron chi connectivity index (χ1n) is 7.01. The van der Waals surface area contributed by atoms with Gasteiger partial charge >= 0.3 is 5.97 Å². The topological polar surface area (TPSA) is 77.2 Å². The zero-order valence-electron chi connectivity index (χ0n) is 12.7. The van der Waals surface area contributed by atoms with Crippen LogP contribution in [0.25, 0.3) is 16.9 Å². The molecule has 1 N–H and O–H groups in total. The Kier molecular flexibility index (Phi) is 3.80. The highest BCUT2D eigenvalue weighted by molar-refractivity contribution is 5.93. The number of rotatable bonds is 4. The minimum absolute atomic E-state index is 0.0974. The third-order valence-corrected chi connectivity index (χ3v) is 3.51. The lowest BCUT2D eigenvalue weighted by Gasteiger charge is -2.11. The summed E-state index contributed by atoms with van der Waals surface area (Å²) in [4.78, 5) is 11.5. The van der Waals surface area contributed by atoms with Crippen LogP contribution in [0.1, 0.15) is 16.1 Å². The van der Waals surface area contributed by atoms with Gasteiger partial charge in [-0.2, -0.15) is 0 Å². The van der Waals surface area contributed by atoms with E-state index in [2.05, 4.69) is 10.3 Å². The van der Waals surface area contributed by atoms with E-state index in [1.54, 1.807) is 19.2 Å². The lowest BCUT2D eigenvalue weighted by molar-refractivity contribution is 0.0691. The monoisotopic (exact) mass is 309 g/mol. The third-order valence-electron chi connectivity index (χ3n) is 3.51. The summed E-state index contributed by atoms with van der Waals surface area (Å²) in [6.45, 7) is 1.97. The standard InChI is InChI=1S/C17H15N3O3/c1-11-7-9-12(10-8-11)16-15(17(21)22)18-19-20(16)13-5-3-4-6-14(13)23-2/h3-10H,1-2H3,(H,21,22). The second kappa shape index (κ2) is 5.92. The fourth-order valence-corrected chi connectivity index (χ4v) is 2.37. The van der Waals surface area contributed by atoms with Gasteiger partial charge in [0.05, 0.1) is 7.11 Å². The normalized spacial score (nSPS) is 10.5. The van der Waals surface area contributed by atoms with Crippen LogP contribution in [0.2, 0.25) is 0 Å². The van der Waals surface area contributed by atoms with Crippen LogP contribution in [0.5, 0.6) is 5.75 Å². The molecule has 3 aromatic rings. The van der Waals surface area contributed by atoms with Gasteiger partial charge in [-0.3, -0.25) is 0 Å². The first-order chi connectivity index (χ1) is 11.1. The Morgan fingerprint density at radius 2 is 1.83 bits per heavy atom. The molecule has 1 aromatic heterocycles. The number of carbonyl (C=O) groups is 1. The van der Waals surface area contributed by atoms with Crippen molar-refractivity contribution < 1.29 is 14.6 Å². The lowest BCUT2D eigenvalue weighted by atomic mass is 10.1. The first-order valence-corrected chi connectivity index (χ1v) is 7.01. The fraction of sp³-hybridized carbons (Fsp3) is 0.118. The number of aromatic carboxylic acids is 1. The lowest BCUT2D eigenvalue weighted by Crippen LogP contribution is -2.04. The van der Waals surface area contributed by atoms with E-state index in [1.165, 1.54) is 4.68 Å². The molecule has 0 unspecified atom stereocenters. The van der Waals surface area contributed by atoms with E-state index in [4.69, 9.17) is 4.74 Å². The highest BCUT2D eigenvalue weighted by Crippen LogP contribution is 2.29. The minimum atomic E-state index is -1.12. The highest BCUT2D eigenvalue weighted by atomic mass is 16.5. The first kappa shape index (κ1) is 14.8. The van der Waals surface area contributed by atoms with Gasteiger partial charge < -0.3 is 9.84 Å². The molecule has 0 aliphatic heterocycles. The van der Waals surface area contributed by atoms with Gasteiger partial charge in [0.1, 0.15) is 17.1 Å². The summed E-state index contributed by atoms with van der Waals surface area (Å²) in [7, 11) is 1.55. The average Bonchev–Trinajstić information content (AvgIpc) is 3.00. The van der Waals surface area contributed by atoms with Crippen LogP contribution in [0.3, 0.4) is 0 Å². The van der Waals surface area contributed by atoms with Crippen molar-refractivity contribution >= 4 is 5.97 Å². The van der Waals surface area contributed by atoms with Crippen LogP contribution in [0.4, 0.5) is 0 Å². The summed E-state index contributed by atoms with van der Waals surface area (Å²) in [6, 6.07) is 14.8. The van der Waals surface area contributed by atoms with E-state index in [-0.39, 0.29) is 5.69 Å². The number of benzene rings is 2. The molecule has 0 radical (unpaired) electrons. The molecular formula is C17H15N3O3. The Labute approximate surface area is 133 Å². The molecule has 23 heavy (non-hydrogen) atoms. The molecule has 3 rings (SSSR count). The predicted octanol–water partition coefficient (Wildman–Crippen LogP) is 2.95. The molecule has 0 bridgehead atoms. The van der Waals surface area contributed by atoms with Crippen LogP contribution < -0.4 is 4.74 Å². The smallest absolute Gasteiger partial charge is 0.358 e. The van der Waals surface area contributed by atoms with Crippen LogP contribution in [0.15, 0.2) is 48.5 Å². The molecule has 0 saturated carbocycles. The van der Waals surface area contributed by atoms with E-state index in [9.17, 15) is 9.90 Å². The largest absolute Gasteiger partial charge is 0.494 e. The fourth-order valence-electron chi connectivity index (χ4n) is 2.37. The van der Waals surface area contributed by atoms with E-state index < -0.39 is 5.97 Å². The molecule has 0 saturated heterocycles. The number of hydrogen-bond donors (Lipinski definition) is 1. The summed E-state index contributed by atoms with van der Waals surface area (Å²) in [5, 5.41) is 17.3. The van der Waals surface area contributed by atoms with Crippen LogP contribution >= 0.6 is 0 Å². The average molecular weight is 309 g/mol. The Morgan fingerprint density at radius 1 is 1.13 bits per heavy atom. The number of aryl methyl sites for hydroxylation is 1. The van der Waals surface area contributed by atoms with E-state index in [1.807, 2.05) is 43.3 Å². The SMILES string of the molecule is COc1ccccc1-n1nnc(C(=O)O)c1-c1ccc(C)cc1. The van der Waals surface area contributed by atoms with Crippen molar-refractivity contribution in [2.24, 2.45) is 0 Å². The number of ether oxygens (including phenoxy) is 1. The molecule has 6 nitrogen and oxygen atoms in total. The van der Waals surface area contributed by atoms with Crippen molar-refractivity contribution in [3.8, 4) is 22.7 Å². The van der Waals surface area contributed by atoms with Crippen molar-refractivity contribution in [3.05, 3.63) is 59.8 Å². The summed E-state index contributed by atoms with van der Waals surface area (Å²) in [5.74, 6) is -0.538. The Morgan fingerprint density at radius 3 is 2.48 bits per heavy atom. The molecule has 0 amide bonds. The van der Waals surface area contributed by atoms with Crippen molar-refractivity contribution in [1.29, 1.82) is 0 Å². The molecule has 0 aliphatic rings. The molecule has 2 aromatic carbocycles. The zero-order valence-corrected chi connectivity index (χ0v) is 12.7. The second-order valence-corrected chi connectivity index (χ2v) is 5.04. The van der Waals surface area contributed by atoms with Crippen molar-refractivity contribution in [3.63, 3.8) is 0 Å². The maximum absolute atomic E-state index is 11.5. The number of nitrogens with zero attached hydrogens (tertiary/aromatic N) is 3. The van der Waals surface area contributed by atoms with Crippen molar-refractivity contribution in [2.75, 3.05) is 7.11 Å². The van der Waals surface area contributed by atoms with Crippen LogP contribution in [0, 0.1) is 6.92 Å². The van der Waals surface area contributed by atoms with Gasteiger partial charge in [-0.05, 0) is 19.1 Å². The van der Waals surface area contributed by atoms with E-state index in [0.29, 0.717) is 17.1 Å². The third kappa shape index (κ3) is 2.66. The van der Waals surface area contributed by atoms with Gasteiger partial charge in [-0.1, -0.05) is 47.2 Å². The summed E-state index contributed by atoms with van der Waals surface area (Å²) in [6.07, 6.45) is 0. The Hall–Kier alpha value is -3.15. The molecule has 0 fully saturated rings. The molecule has 0 atom stereocenters. The Balaban J connectivity index is 2.26. The van der Waals surface area contributed by atoms with Gasteiger partial charge in [-0.25, -0.2) is 9.48 Å². The predicted molar refractivity (Wildman–Crippen MR) is 85.0 cm³/mol. The van der Waals surface area contributed by atoms with Gasteiger partial charge in [0, 0.05) is 5.56 Å². The molecule has 1 heterocycles. The number of aromatic nitrogens is 3. The minimum Gasteiger partial charge on any atom is -0.494 e. The number of carboxylic acid groups (broad SMARTS) is 1. The second-order valence-electron chi connectivity index (χ2n) is 5.04. The number of carboxylic acids is 1. The van der Waals surface area contributed by atoms with Gasteiger partial charge in [0.2, 0.25) is 0 Å². The summed E-state index contributed by atoms with van der Waals surface area (Å²) >= 11 is 0. The molecule has 0 spiro atoms. The van der Waals surface area contributed by atoms with Crippen molar-refractivity contribution in [1.82, 2.24) is 15.0 Å². The summed E-state index contributed by atoms with van der Waals surface area (Å²) < 4.78 is 6.84. The quantitative estimate of drug-likeness (QED) is 0.801. The maximum Gasteiger partial charge on any atom is 0.358 e. The number of para-hydroxylation sites is 2. The maximum atomic E-state index is 11.5. The van der Waals surface area contributed by atoms with Crippen LogP contribution in [-0.4, -0.2) is 33.2 Å². The molecule has 6 heteroatoms. The van der Waals surface area contributed by atoms with Gasteiger partial charge in [-0.15, -0.1) is 5.10 Å². The molecule has 0 aliphatic carbocycles. The molecular weight excluding hydrogens is 294 g/mol. The van der Waals surface area contributed by atoms with Gasteiger partial charge in [0.25, 0.3) is 0 Å². The van der Waals surface area contributed by atoms with Crippen LogP contribution in [-0.2, 0) is 0 Å². The number of methoxy groups -OCH3 is 1. The van der Waals surface area contributed by atoms with E-state index in [0.717, 1.165) is 11.1 Å². The Bertz CT molecular complexity index is 854.